The number of aromatic hydroxyl groups is 1. The first-order valence-electron chi connectivity index (χ1n) is 7.78. The van der Waals surface area contributed by atoms with Gasteiger partial charge in [0.2, 0.25) is 5.88 Å². The second-order valence-electron chi connectivity index (χ2n) is 5.87. The first-order chi connectivity index (χ1) is 12.1. The second-order valence-corrected chi connectivity index (χ2v) is 5.87. The SMILES string of the molecule is COc1cncc(-c2cc(C)c3c(O)n(-c4ccn(C)n4)cc3n2)c1. The molecule has 25 heavy (non-hydrogen) atoms. The number of ether oxygens (including phenoxy) is 1. The first-order valence-corrected chi connectivity index (χ1v) is 7.78. The van der Waals surface area contributed by atoms with Crippen LogP contribution in [-0.4, -0.2) is 36.5 Å². The van der Waals surface area contributed by atoms with Crippen LogP contribution in [0.15, 0.2) is 43.0 Å². The van der Waals surface area contributed by atoms with Crippen LogP contribution in [0.5, 0.6) is 11.6 Å². The summed E-state index contributed by atoms with van der Waals surface area (Å²) in [5, 5.41) is 15.7. The second kappa shape index (κ2) is 5.62. The van der Waals surface area contributed by atoms with Crippen molar-refractivity contribution in [2.45, 2.75) is 6.92 Å². The molecular formula is C18H17N5O2. The number of rotatable bonds is 3. The molecule has 126 valence electrons. The summed E-state index contributed by atoms with van der Waals surface area (Å²) in [6.07, 6.45) is 7.01. The third-order valence-electron chi connectivity index (χ3n) is 4.14. The van der Waals surface area contributed by atoms with E-state index in [4.69, 9.17) is 4.74 Å². The number of fused-ring (bicyclic) bond motifs is 1. The van der Waals surface area contributed by atoms with Gasteiger partial charge in [0.05, 0.1) is 29.9 Å². The Balaban J connectivity index is 1.90. The Hall–Kier alpha value is -3.35. The highest BCUT2D eigenvalue weighted by Gasteiger charge is 2.16. The van der Waals surface area contributed by atoms with Crippen LogP contribution in [0, 0.1) is 6.92 Å². The van der Waals surface area contributed by atoms with Gasteiger partial charge in [-0.25, -0.2) is 4.98 Å². The molecule has 0 saturated carbocycles. The molecule has 0 aliphatic carbocycles. The highest BCUT2D eigenvalue weighted by Crippen LogP contribution is 2.33. The Morgan fingerprint density at radius 3 is 2.76 bits per heavy atom. The van der Waals surface area contributed by atoms with E-state index in [0.29, 0.717) is 22.5 Å². The van der Waals surface area contributed by atoms with Crippen molar-refractivity contribution in [3.05, 3.63) is 48.5 Å². The van der Waals surface area contributed by atoms with Crippen LogP contribution in [-0.2, 0) is 7.05 Å². The molecule has 0 fully saturated rings. The fraction of sp³-hybridized carbons (Fsp3) is 0.167. The third-order valence-corrected chi connectivity index (χ3v) is 4.14. The lowest BCUT2D eigenvalue weighted by atomic mass is 10.1. The van der Waals surface area contributed by atoms with Gasteiger partial charge in [-0.05, 0) is 24.6 Å². The van der Waals surface area contributed by atoms with Crippen molar-refractivity contribution in [3.63, 3.8) is 0 Å². The molecule has 0 saturated heterocycles. The van der Waals surface area contributed by atoms with E-state index in [0.717, 1.165) is 16.8 Å². The summed E-state index contributed by atoms with van der Waals surface area (Å²) in [5.74, 6) is 1.45. The average molecular weight is 335 g/mol. The highest BCUT2D eigenvalue weighted by molar-refractivity contribution is 5.90. The summed E-state index contributed by atoms with van der Waals surface area (Å²) in [5.41, 5.74) is 3.25. The van der Waals surface area contributed by atoms with Crippen LogP contribution in [0.3, 0.4) is 0 Å². The standard InChI is InChI=1S/C18H17N5O2/c1-11-6-14(12-7-13(25-3)9-19-8-12)20-15-10-23(18(24)17(11)15)16-4-5-22(2)21-16/h4-10,24H,1-3H3. The number of hydrogen-bond acceptors (Lipinski definition) is 5. The van der Waals surface area contributed by atoms with Crippen molar-refractivity contribution < 1.29 is 9.84 Å². The van der Waals surface area contributed by atoms with Gasteiger partial charge >= 0.3 is 0 Å². The van der Waals surface area contributed by atoms with E-state index >= 15 is 0 Å². The lowest BCUT2D eigenvalue weighted by molar-refractivity contribution is 0.413. The molecule has 0 unspecified atom stereocenters. The van der Waals surface area contributed by atoms with Gasteiger partial charge in [-0.15, -0.1) is 0 Å². The zero-order valence-corrected chi connectivity index (χ0v) is 14.1. The Morgan fingerprint density at radius 2 is 2.04 bits per heavy atom. The molecule has 0 amide bonds. The molecule has 4 heterocycles. The predicted octanol–water partition coefficient (Wildman–Crippen LogP) is 2.84. The van der Waals surface area contributed by atoms with Crippen LogP contribution in [0.1, 0.15) is 5.56 Å². The predicted molar refractivity (Wildman–Crippen MR) is 94.0 cm³/mol. The molecule has 7 heteroatoms. The zero-order valence-electron chi connectivity index (χ0n) is 14.1. The molecule has 0 radical (unpaired) electrons. The monoisotopic (exact) mass is 335 g/mol. The number of aryl methyl sites for hydroxylation is 2. The highest BCUT2D eigenvalue weighted by atomic mass is 16.5. The molecular weight excluding hydrogens is 318 g/mol. The molecule has 0 spiro atoms. The smallest absolute Gasteiger partial charge is 0.206 e. The maximum absolute atomic E-state index is 10.6. The molecule has 0 aromatic carbocycles. The lowest BCUT2D eigenvalue weighted by Crippen LogP contribution is -1.94. The summed E-state index contributed by atoms with van der Waals surface area (Å²) in [4.78, 5) is 8.87. The van der Waals surface area contributed by atoms with E-state index in [1.54, 1.807) is 34.9 Å². The minimum atomic E-state index is 0.133. The van der Waals surface area contributed by atoms with E-state index < -0.39 is 0 Å². The quantitative estimate of drug-likeness (QED) is 0.623. The van der Waals surface area contributed by atoms with Gasteiger partial charge in [0, 0.05) is 37.3 Å². The fourth-order valence-corrected chi connectivity index (χ4v) is 2.91. The fourth-order valence-electron chi connectivity index (χ4n) is 2.91. The van der Waals surface area contributed by atoms with Gasteiger partial charge in [-0.1, -0.05) is 0 Å². The van der Waals surface area contributed by atoms with Crippen molar-refractivity contribution in [2.75, 3.05) is 7.11 Å². The maximum atomic E-state index is 10.6. The summed E-state index contributed by atoms with van der Waals surface area (Å²) in [7, 11) is 3.44. The maximum Gasteiger partial charge on any atom is 0.206 e. The molecule has 4 aromatic heterocycles. The summed E-state index contributed by atoms with van der Waals surface area (Å²) in [6.45, 7) is 1.95. The van der Waals surface area contributed by atoms with Crippen molar-refractivity contribution >= 4 is 10.9 Å². The number of nitrogens with zero attached hydrogens (tertiary/aromatic N) is 5. The molecule has 1 N–H and O–H groups in total. The van der Waals surface area contributed by atoms with Crippen molar-refractivity contribution in [3.8, 4) is 28.7 Å². The molecule has 7 nitrogen and oxygen atoms in total. The summed E-state index contributed by atoms with van der Waals surface area (Å²) >= 11 is 0. The molecule has 0 atom stereocenters. The van der Waals surface area contributed by atoms with Crippen LogP contribution in [0.2, 0.25) is 0 Å². The van der Waals surface area contributed by atoms with Gasteiger partial charge in [0.15, 0.2) is 5.82 Å². The number of aromatic nitrogens is 5. The van der Waals surface area contributed by atoms with E-state index in [1.165, 1.54) is 0 Å². The van der Waals surface area contributed by atoms with Crippen LogP contribution >= 0.6 is 0 Å². The number of hydrogen-bond donors (Lipinski definition) is 1. The normalized spacial score (nSPS) is 11.2. The van der Waals surface area contributed by atoms with Crippen molar-refractivity contribution in [2.24, 2.45) is 7.05 Å². The minimum Gasteiger partial charge on any atom is -0.495 e. The van der Waals surface area contributed by atoms with Gasteiger partial charge in [0.1, 0.15) is 5.75 Å². The van der Waals surface area contributed by atoms with Gasteiger partial charge in [-0.3, -0.25) is 14.2 Å². The van der Waals surface area contributed by atoms with Crippen LogP contribution in [0.25, 0.3) is 28.0 Å². The van der Waals surface area contributed by atoms with Gasteiger partial charge in [0.25, 0.3) is 0 Å². The molecule has 4 rings (SSSR count). The van der Waals surface area contributed by atoms with Gasteiger partial charge < -0.3 is 9.84 Å². The molecule has 0 bridgehead atoms. The Kier molecular flexibility index (Phi) is 3.42. The Morgan fingerprint density at radius 1 is 1.20 bits per heavy atom. The first kappa shape index (κ1) is 15.2. The lowest BCUT2D eigenvalue weighted by Gasteiger charge is -2.05. The van der Waals surface area contributed by atoms with E-state index in [-0.39, 0.29) is 5.88 Å². The summed E-state index contributed by atoms with van der Waals surface area (Å²) in [6, 6.07) is 5.65. The zero-order chi connectivity index (χ0) is 17.6. The van der Waals surface area contributed by atoms with E-state index in [9.17, 15) is 5.11 Å². The number of pyridine rings is 2. The van der Waals surface area contributed by atoms with Gasteiger partial charge in [-0.2, -0.15) is 5.10 Å². The Bertz CT molecular complexity index is 1080. The summed E-state index contributed by atoms with van der Waals surface area (Å²) < 4.78 is 8.56. The largest absolute Gasteiger partial charge is 0.495 e. The minimum absolute atomic E-state index is 0.133. The molecule has 4 aromatic rings. The molecule has 0 aliphatic rings. The van der Waals surface area contributed by atoms with Crippen molar-refractivity contribution in [1.82, 2.24) is 24.3 Å². The average Bonchev–Trinajstić information content (AvgIpc) is 3.18. The topological polar surface area (TPSA) is 78.0 Å². The third kappa shape index (κ3) is 2.50. The van der Waals surface area contributed by atoms with E-state index in [1.807, 2.05) is 38.4 Å². The molecule has 0 aliphatic heterocycles. The van der Waals surface area contributed by atoms with Crippen LogP contribution in [0.4, 0.5) is 0 Å². The van der Waals surface area contributed by atoms with Crippen LogP contribution < -0.4 is 4.74 Å². The van der Waals surface area contributed by atoms with Crippen molar-refractivity contribution in [1.29, 1.82) is 0 Å². The van der Waals surface area contributed by atoms with E-state index in [2.05, 4.69) is 15.1 Å². The Labute approximate surface area is 144 Å². The number of methoxy groups -OCH3 is 1.